The molecule has 1 aliphatic rings. The first kappa shape index (κ1) is 16.6. The molecule has 6 heteroatoms. The second-order valence-corrected chi connectivity index (χ2v) is 6.29. The summed E-state index contributed by atoms with van der Waals surface area (Å²) in [5, 5.41) is 4.32. The summed E-state index contributed by atoms with van der Waals surface area (Å²) in [4.78, 5) is 14.6. The van der Waals surface area contributed by atoms with Gasteiger partial charge >= 0.3 is 0 Å². The van der Waals surface area contributed by atoms with Crippen molar-refractivity contribution in [2.75, 3.05) is 20.3 Å². The maximum absolute atomic E-state index is 14.2. The molecule has 0 N–H and O–H groups in total. The van der Waals surface area contributed by atoms with Crippen LogP contribution >= 0.6 is 0 Å². The van der Waals surface area contributed by atoms with Gasteiger partial charge in [-0.3, -0.25) is 9.48 Å². The predicted molar refractivity (Wildman–Crippen MR) is 88.1 cm³/mol. The maximum atomic E-state index is 14.2. The molecule has 1 fully saturated rings. The molecule has 3 rings (SSSR count). The highest BCUT2D eigenvalue weighted by Gasteiger charge is 2.36. The fourth-order valence-corrected chi connectivity index (χ4v) is 3.24. The van der Waals surface area contributed by atoms with Crippen LogP contribution in [0.5, 0.6) is 0 Å². The van der Waals surface area contributed by atoms with E-state index in [4.69, 9.17) is 4.74 Å². The Morgan fingerprint density at radius 2 is 2.17 bits per heavy atom. The molecule has 2 heterocycles. The Morgan fingerprint density at radius 1 is 1.38 bits per heavy atom. The van der Waals surface area contributed by atoms with E-state index in [1.807, 2.05) is 6.07 Å². The summed E-state index contributed by atoms with van der Waals surface area (Å²) in [5.74, 6) is -0.0853. The summed E-state index contributed by atoms with van der Waals surface area (Å²) in [6, 6.07) is 8.15. The van der Waals surface area contributed by atoms with Crippen molar-refractivity contribution in [1.82, 2.24) is 14.7 Å². The average Bonchev–Trinajstić information content (AvgIpc) is 3.19. The van der Waals surface area contributed by atoms with Crippen LogP contribution < -0.4 is 0 Å². The first-order valence-electron chi connectivity index (χ1n) is 8.18. The first-order chi connectivity index (χ1) is 11.6. The van der Waals surface area contributed by atoms with Crippen LogP contribution in [0, 0.1) is 11.7 Å². The van der Waals surface area contributed by atoms with E-state index >= 15 is 0 Å². The van der Waals surface area contributed by atoms with Gasteiger partial charge in [0.25, 0.3) is 5.91 Å². The molecule has 1 aliphatic heterocycles. The fraction of sp³-hybridized carbons (Fsp3) is 0.444. The lowest BCUT2D eigenvalue weighted by atomic mass is 10.0. The minimum absolute atomic E-state index is 0.149. The number of methoxy groups -OCH3 is 1. The van der Waals surface area contributed by atoms with Crippen LogP contribution in [0.1, 0.15) is 35.4 Å². The van der Waals surface area contributed by atoms with Gasteiger partial charge in [0.2, 0.25) is 0 Å². The first-order valence-corrected chi connectivity index (χ1v) is 8.18. The molecule has 0 bridgehead atoms. The number of carbonyl (C=O) groups is 1. The Hall–Kier alpha value is -2.21. The normalized spacial score (nSPS) is 20.5. The molecule has 0 saturated carbocycles. The van der Waals surface area contributed by atoms with E-state index in [-0.39, 0.29) is 17.8 Å². The van der Waals surface area contributed by atoms with Gasteiger partial charge in [-0.2, -0.15) is 5.10 Å². The second-order valence-electron chi connectivity index (χ2n) is 6.29. The van der Waals surface area contributed by atoms with Gasteiger partial charge in [0, 0.05) is 25.4 Å². The SMILES string of the molecule is COCCn1ccc(C(=O)N2CC(C)CC2c2ccccc2F)n1. The Bertz CT molecular complexity index is 716. The fourth-order valence-electron chi connectivity index (χ4n) is 3.24. The molecular formula is C18H22FN3O2. The molecule has 0 aliphatic carbocycles. The van der Waals surface area contributed by atoms with Crippen LogP contribution in [0.25, 0.3) is 0 Å². The lowest BCUT2D eigenvalue weighted by molar-refractivity contribution is 0.0722. The third-order valence-corrected chi connectivity index (χ3v) is 4.42. The van der Waals surface area contributed by atoms with Crippen LogP contribution in [0.2, 0.25) is 0 Å². The Balaban J connectivity index is 1.82. The minimum Gasteiger partial charge on any atom is -0.383 e. The molecule has 24 heavy (non-hydrogen) atoms. The van der Waals surface area contributed by atoms with Crippen LogP contribution in [0.15, 0.2) is 36.5 Å². The zero-order chi connectivity index (χ0) is 17.1. The van der Waals surface area contributed by atoms with E-state index in [1.165, 1.54) is 6.07 Å². The van der Waals surface area contributed by atoms with Gasteiger partial charge in [-0.25, -0.2) is 4.39 Å². The number of ether oxygens (including phenoxy) is 1. The minimum atomic E-state index is -0.264. The molecule has 2 aromatic rings. The number of hydrogen-bond acceptors (Lipinski definition) is 3. The lowest BCUT2D eigenvalue weighted by Gasteiger charge is -2.24. The number of rotatable bonds is 5. The van der Waals surface area contributed by atoms with Crippen LogP contribution in [0.3, 0.4) is 0 Å². The van der Waals surface area contributed by atoms with Crippen molar-refractivity contribution >= 4 is 5.91 Å². The van der Waals surface area contributed by atoms with E-state index in [1.54, 1.807) is 41.1 Å². The third kappa shape index (κ3) is 3.33. The van der Waals surface area contributed by atoms with Crippen molar-refractivity contribution in [2.45, 2.75) is 25.9 Å². The molecule has 0 radical (unpaired) electrons. The highest BCUT2D eigenvalue weighted by molar-refractivity contribution is 5.92. The van der Waals surface area contributed by atoms with Gasteiger partial charge < -0.3 is 9.64 Å². The highest BCUT2D eigenvalue weighted by atomic mass is 19.1. The largest absolute Gasteiger partial charge is 0.383 e. The summed E-state index contributed by atoms with van der Waals surface area (Å²) in [7, 11) is 1.63. The quantitative estimate of drug-likeness (QED) is 0.846. The van der Waals surface area contributed by atoms with Gasteiger partial charge in [-0.15, -0.1) is 0 Å². The number of halogens is 1. The maximum Gasteiger partial charge on any atom is 0.274 e. The van der Waals surface area contributed by atoms with Crippen molar-refractivity contribution in [1.29, 1.82) is 0 Å². The van der Waals surface area contributed by atoms with Crippen molar-refractivity contribution in [3.63, 3.8) is 0 Å². The number of nitrogens with zero attached hydrogens (tertiary/aromatic N) is 3. The monoisotopic (exact) mass is 331 g/mol. The van der Waals surface area contributed by atoms with E-state index in [2.05, 4.69) is 12.0 Å². The topological polar surface area (TPSA) is 47.4 Å². The van der Waals surface area contributed by atoms with Crippen molar-refractivity contribution in [3.05, 3.63) is 53.6 Å². The van der Waals surface area contributed by atoms with Crippen LogP contribution in [-0.4, -0.2) is 40.8 Å². The number of hydrogen-bond donors (Lipinski definition) is 0. The Morgan fingerprint density at radius 3 is 2.92 bits per heavy atom. The number of amides is 1. The predicted octanol–water partition coefficient (Wildman–Crippen LogP) is 2.89. The van der Waals surface area contributed by atoms with Crippen molar-refractivity contribution in [3.8, 4) is 0 Å². The van der Waals surface area contributed by atoms with Gasteiger partial charge in [0.1, 0.15) is 11.5 Å². The molecule has 2 atom stereocenters. The van der Waals surface area contributed by atoms with Gasteiger partial charge in [0.15, 0.2) is 0 Å². The van der Waals surface area contributed by atoms with E-state index in [0.29, 0.717) is 36.9 Å². The molecule has 1 saturated heterocycles. The third-order valence-electron chi connectivity index (χ3n) is 4.42. The summed E-state index contributed by atoms with van der Waals surface area (Å²) in [5.41, 5.74) is 0.968. The van der Waals surface area contributed by atoms with Gasteiger partial charge in [-0.05, 0) is 24.5 Å². The van der Waals surface area contributed by atoms with Crippen LogP contribution in [0.4, 0.5) is 4.39 Å². The second kappa shape index (κ2) is 7.13. The number of carbonyl (C=O) groups excluding carboxylic acids is 1. The molecular weight excluding hydrogens is 309 g/mol. The standard InChI is InChI=1S/C18H22FN3O2/c1-13-11-17(14-5-3-4-6-15(14)19)22(12-13)18(23)16-7-8-21(20-16)9-10-24-2/h3-8,13,17H,9-12H2,1-2H3. The molecule has 5 nitrogen and oxygen atoms in total. The van der Waals surface area contributed by atoms with Gasteiger partial charge in [-0.1, -0.05) is 25.1 Å². The number of aromatic nitrogens is 2. The highest BCUT2D eigenvalue weighted by Crippen LogP contribution is 2.37. The molecule has 0 spiro atoms. The summed E-state index contributed by atoms with van der Waals surface area (Å²) < 4.78 is 20.9. The summed E-state index contributed by atoms with van der Waals surface area (Å²) in [6.07, 6.45) is 2.53. The average molecular weight is 331 g/mol. The molecule has 1 amide bonds. The molecule has 2 unspecified atom stereocenters. The summed E-state index contributed by atoms with van der Waals surface area (Å²) in [6.45, 7) is 3.83. The van der Waals surface area contributed by atoms with Crippen molar-refractivity contribution in [2.24, 2.45) is 5.92 Å². The summed E-state index contributed by atoms with van der Waals surface area (Å²) >= 11 is 0. The Kier molecular flexibility index (Phi) is 4.94. The van der Waals surface area contributed by atoms with E-state index in [9.17, 15) is 9.18 Å². The Labute approximate surface area is 141 Å². The molecule has 128 valence electrons. The number of likely N-dealkylation sites (tertiary alicyclic amines) is 1. The van der Waals surface area contributed by atoms with Crippen molar-refractivity contribution < 1.29 is 13.9 Å². The smallest absolute Gasteiger partial charge is 0.274 e. The zero-order valence-electron chi connectivity index (χ0n) is 14.0. The zero-order valence-corrected chi connectivity index (χ0v) is 14.0. The number of benzene rings is 1. The lowest BCUT2D eigenvalue weighted by Crippen LogP contribution is -2.32. The molecule has 1 aromatic carbocycles. The molecule has 1 aromatic heterocycles. The van der Waals surface area contributed by atoms with Crippen LogP contribution in [-0.2, 0) is 11.3 Å². The van der Waals surface area contributed by atoms with E-state index < -0.39 is 0 Å². The van der Waals surface area contributed by atoms with E-state index in [0.717, 1.165) is 6.42 Å². The van der Waals surface area contributed by atoms with Gasteiger partial charge in [0.05, 0.1) is 19.2 Å².